The molecule has 1 aliphatic rings. The van der Waals surface area contributed by atoms with Gasteiger partial charge in [-0.2, -0.15) is 0 Å². The number of anilines is 1. The van der Waals surface area contributed by atoms with Gasteiger partial charge in [0, 0.05) is 17.1 Å². The maximum absolute atomic E-state index is 11.9. The zero-order chi connectivity index (χ0) is 15.7. The second kappa shape index (κ2) is 6.12. The lowest BCUT2D eigenvalue weighted by atomic mass is 10.1. The quantitative estimate of drug-likeness (QED) is 0.839. The molecule has 0 radical (unpaired) electrons. The zero-order valence-corrected chi connectivity index (χ0v) is 14.0. The first-order valence-electron chi connectivity index (χ1n) is 7.60. The number of aryl methyl sites for hydroxylation is 1. The first-order valence-corrected chi connectivity index (χ1v) is 8.48. The van der Waals surface area contributed by atoms with E-state index in [0.29, 0.717) is 11.6 Å². The Morgan fingerprint density at radius 2 is 2.14 bits per heavy atom. The van der Waals surface area contributed by atoms with Crippen LogP contribution in [0.4, 0.5) is 5.13 Å². The Kier molecular flexibility index (Phi) is 4.20. The molecule has 0 amide bonds. The number of methoxy groups -OCH3 is 1. The van der Waals surface area contributed by atoms with Crippen molar-refractivity contribution in [3.05, 3.63) is 22.2 Å². The van der Waals surface area contributed by atoms with Gasteiger partial charge in [0.2, 0.25) is 0 Å². The number of carbonyl (C=O) groups excluding carboxylic acids is 1. The van der Waals surface area contributed by atoms with Crippen LogP contribution < -0.4 is 5.32 Å². The fraction of sp³-hybridized carbons (Fsp3) is 0.500. The lowest BCUT2D eigenvalue weighted by molar-refractivity contribution is 0.0599. The van der Waals surface area contributed by atoms with E-state index < -0.39 is 0 Å². The summed E-state index contributed by atoms with van der Waals surface area (Å²) in [5, 5.41) is 6.48. The minimum absolute atomic E-state index is 0.308. The van der Waals surface area contributed by atoms with Crippen LogP contribution in [-0.4, -0.2) is 29.1 Å². The molecule has 1 saturated carbocycles. The number of nitrogens with zero attached hydrogens (tertiary/aromatic N) is 1. The summed E-state index contributed by atoms with van der Waals surface area (Å²) in [6.07, 6.45) is 5.05. The maximum atomic E-state index is 11.9. The third-order valence-corrected chi connectivity index (χ3v) is 5.04. The number of thiazole rings is 1. The molecule has 2 aromatic rings. The van der Waals surface area contributed by atoms with Gasteiger partial charge in [0.25, 0.3) is 0 Å². The van der Waals surface area contributed by atoms with Crippen LogP contribution in [0.15, 0.2) is 5.38 Å². The number of aromatic amines is 1. The van der Waals surface area contributed by atoms with Crippen LogP contribution in [0.25, 0.3) is 11.4 Å². The molecule has 5 nitrogen and oxygen atoms in total. The summed E-state index contributed by atoms with van der Waals surface area (Å²) in [4.78, 5) is 19.8. The van der Waals surface area contributed by atoms with Gasteiger partial charge >= 0.3 is 5.97 Å². The number of nitrogens with one attached hydrogen (secondary N) is 2. The highest BCUT2D eigenvalue weighted by Crippen LogP contribution is 2.31. The lowest BCUT2D eigenvalue weighted by Gasteiger charge is -2.09. The number of esters is 1. The van der Waals surface area contributed by atoms with E-state index in [1.807, 2.05) is 19.2 Å². The van der Waals surface area contributed by atoms with E-state index >= 15 is 0 Å². The Bertz CT molecular complexity index is 684. The monoisotopic (exact) mass is 319 g/mol. The summed E-state index contributed by atoms with van der Waals surface area (Å²) in [5.74, 6) is -0.308. The van der Waals surface area contributed by atoms with Crippen molar-refractivity contribution in [2.75, 3.05) is 12.4 Å². The summed E-state index contributed by atoms with van der Waals surface area (Å²) in [5.41, 5.74) is 4.09. The molecule has 0 bridgehead atoms. The molecule has 0 atom stereocenters. The summed E-state index contributed by atoms with van der Waals surface area (Å²) in [7, 11) is 1.40. The number of rotatable bonds is 4. The molecule has 1 fully saturated rings. The smallest absolute Gasteiger partial charge is 0.339 e. The van der Waals surface area contributed by atoms with Crippen molar-refractivity contribution < 1.29 is 9.53 Å². The van der Waals surface area contributed by atoms with E-state index in [1.165, 1.54) is 32.8 Å². The fourth-order valence-corrected chi connectivity index (χ4v) is 3.89. The van der Waals surface area contributed by atoms with Crippen LogP contribution in [-0.2, 0) is 4.74 Å². The van der Waals surface area contributed by atoms with Crippen LogP contribution in [0, 0.1) is 13.8 Å². The standard InChI is InChI=1S/C16H21N3O2S/c1-9-13(15(20)21-3)10(2)17-14(9)12-8-22-16(19-12)18-11-6-4-5-7-11/h8,11,17H,4-7H2,1-3H3,(H,18,19). The minimum Gasteiger partial charge on any atom is -0.465 e. The zero-order valence-electron chi connectivity index (χ0n) is 13.2. The molecule has 0 saturated heterocycles. The van der Waals surface area contributed by atoms with Crippen molar-refractivity contribution in [1.29, 1.82) is 0 Å². The summed E-state index contributed by atoms with van der Waals surface area (Å²) in [6.45, 7) is 3.81. The summed E-state index contributed by atoms with van der Waals surface area (Å²) >= 11 is 1.61. The first-order chi connectivity index (χ1) is 10.6. The van der Waals surface area contributed by atoms with Crippen molar-refractivity contribution in [2.24, 2.45) is 0 Å². The van der Waals surface area contributed by atoms with E-state index in [1.54, 1.807) is 11.3 Å². The molecule has 0 aliphatic heterocycles. The third kappa shape index (κ3) is 2.75. The Morgan fingerprint density at radius 3 is 2.82 bits per heavy atom. The van der Waals surface area contributed by atoms with E-state index in [4.69, 9.17) is 4.74 Å². The van der Waals surface area contributed by atoms with Crippen molar-refractivity contribution in [2.45, 2.75) is 45.6 Å². The Morgan fingerprint density at radius 1 is 1.41 bits per heavy atom. The topological polar surface area (TPSA) is 67.0 Å². The Balaban J connectivity index is 1.85. The minimum atomic E-state index is -0.308. The largest absolute Gasteiger partial charge is 0.465 e. The molecular weight excluding hydrogens is 298 g/mol. The fourth-order valence-electron chi connectivity index (χ4n) is 3.11. The van der Waals surface area contributed by atoms with Gasteiger partial charge in [-0.25, -0.2) is 9.78 Å². The Labute approximate surface area is 134 Å². The van der Waals surface area contributed by atoms with Crippen LogP contribution in [0.5, 0.6) is 0 Å². The van der Waals surface area contributed by atoms with Gasteiger partial charge in [0.05, 0.1) is 18.4 Å². The van der Waals surface area contributed by atoms with Crippen molar-refractivity contribution >= 4 is 22.4 Å². The number of aromatic nitrogens is 2. The summed E-state index contributed by atoms with van der Waals surface area (Å²) < 4.78 is 4.85. The molecule has 0 unspecified atom stereocenters. The van der Waals surface area contributed by atoms with Gasteiger partial charge in [-0.15, -0.1) is 11.3 Å². The molecule has 0 spiro atoms. The van der Waals surface area contributed by atoms with E-state index in [-0.39, 0.29) is 5.97 Å². The molecule has 22 heavy (non-hydrogen) atoms. The molecule has 2 heterocycles. The number of hydrogen-bond acceptors (Lipinski definition) is 5. The third-order valence-electron chi connectivity index (χ3n) is 4.27. The lowest BCUT2D eigenvalue weighted by Crippen LogP contribution is -2.14. The van der Waals surface area contributed by atoms with E-state index in [2.05, 4.69) is 15.3 Å². The van der Waals surface area contributed by atoms with Gasteiger partial charge in [-0.3, -0.25) is 0 Å². The number of hydrogen-bond donors (Lipinski definition) is 2. The van der Waals surface area contributed by atoms with Gasteiger partial charge in [-0.1, -0.05) is 12.8 Å². The highest BCUT2D eigenvalue weighted by molar-refractivity contribution is 7.14. The van der Waals surface area contributed by atoms with Crippen molar-refractivity contribution in [1.82, 2.24) is 9.97 Å². The van der Waals surface area contributed by atoms with Gasteiger partial charge in [-0.05, 0) is 32.3 Å². The SMILES string of the molecule is COC(=O)c1c(C)[nH]c(-c2csc(NC3CCCC3)n2)c1C. The van der Waals surface area contributed by atoms with Crippen LogP contribution >= 0.6 is 11.3 Å². The van der Waals surface area contributed by atoms with E-state index in [0.717, 1.165) is 27.8 Å². The predicted molar refractivity (Wildman–Crippen MR) is 88.6 cm³/mol. The molecule has 1 aliphatic carbocycles. The number of H-pyrrole nitrogens is 1. The van der Waals surface area contributed by atoms with Gasteiger partial charge < -0.3 is 15.0 Å². The molecule has 118 valence electrons. The molecule has 6 heteroatoms. The Hall–Kier alpha value is -1.82. The second-order valence-corrected chi connectivity index (χ2v) is 6.64. The van der Waals surface area contributed by atoms with Crippen LogP contribution in [0.2, 0.25) is 0 Å². The first kappa shape index (κ1) is 15.1. The predicted octanol–water partition coefficient (Wildman–Crippen LogP) is 3.90. The van der Waals surface area contributed by atoms with Crippen molar-refractivity contribution in [3.8, 4) is 11.4 Å². The molecular formula is C16H21N3O2S. The van der Waals surface area contributed by atoms with Crippen LogP contribution in [0.1, 0.15) is 47.3 Å². The molecule has 0 aromatic carbocycles. The van der Waals surface area contributed by atoms with Gasteiger partial charge in [0.1, 0.15) is 5.69 Å². The normalized spacial score (nSPS) is 15.2. The van der Waals surface area contributed by atoms with Gasteiger partial charge in [0.15, 0.2) is 5.13 Å². The highest BCUT2D eigenvalue weighted by atomic mass is 32.1. The number of ether oxygens (including phenoxy) is 1. The second-order valence-electron chi connectivity index (χ2n) is 5.78. The van der Waals surface area contributed by atoms with Crippen LogP contribution in [0.3, 0.4) is 0 Å². The molecule has 2 aromatic heterocycles. The maximum Gasteiger partial charge on any atom is 0.339 e. The average molecular weight is 319 g/mol. The number of carbonyl (C=O) groups is 1. The average Bonchev–Trinajstić information content (AvgIpc) is 3.21. The highest BCUT2D eigenvalue weighted by Gasteiger charge is 2.21. The van der Waals surface area contributed by atoms with E-state index in [9.17, 15) is 4.79 Å². The molecule has 2 N–H and O–H groups in total. The molecule has 3 rings (SSSR count). The van der Waals surface area contributed by atoms with Crippen molar-refractivity contribution in [3.63, 3.8) is 0 Å². The summed E-state index contributed by atoms with van der Waals surface area (Å²) in [6, 6.07) is 0.552.